The fourth-order valence-electron chi connectivity index (χ4n) is 4.08. The van der Waals surface area contributed by atoms with Gasteiger partial charge in [-0.05, 0) is 49.8 Å². The molecule has 0 fully saturated rings. The van der Waals surface area contributed by atoms with E-state index in [2.05, 4.69) is 4.99 Å². The summed E-state index contributed by atoms with van der Waals surface area (Å²) in [5.74, 6) is -0.543. The Morgan fingerprint density at radius 2 is 1.82 bits per heavy atom. The van der Waals surface area contributed by atoms with Crippen molar-refractivity contribution >= 4 is 29.4 Å². The fraction of sp³-hybridized carbons (Fsp3) is 0.259. The average molecular weight is 538 g/mol. The van der Waals surface area contributed by atoms with E-state index < -0.39 is 24.6 Å². The molecule has 4 rings (SSSR count). The Bertz CT molecular complexity index is 1580. The molecule has 1 aliphatic rings. The molecule has 198 valence electrons. The number of nitrogens with zero attached hydrogens (tertiary/aromatic N) is 2. The number of thiazole rings is 1. The Morgan fingerprint density at radius 1 is 1.11 bits per heavy atom. The quantitative estimate of drug-likeness (QED) is 0.369. The lowest BCUT2D eigenvalue weighted by molar-refractivity contribution is -0.307. The van der Waals surface area contributed by atoms with E-state index in [4.69, 9.17) is 18.9 Å². The number of carboxylic acid groups (broad SMARTS) is 1. The normalized spacial score (nSPS) is 14.9. The number of aliphatic carboxylic acids is 1. The molecule has 0 unspecified atom stereocenters. The largest absolute Gasteiger partial charge is 0.546 e. The minimum Gasteiger partial charge on any atom is -0.546 e. The topological polar surface area (TPSA) is 128 Å². The molecule has 0 N–H and O–H groups in total. The number of hydrogen-bond donors (Lipinski definition) is 0. The summed E-state index contributed by atoms with van der Waals surface area (Å²) in [4.78, 5) is 42.4. The van der Waals surface area contributed by atoms with Crippen LogP contribution < -0.4 is 34.2 Å². The summed E-state index contributed by atoms with van der Waals surface area (Å²) in [6.07, 6.45) is 1.69. The van der Waals surface area contributed by atoms with Crippen LogP contribution in [0.2, 0.25) is 0 Å². The van der Waals surface area contributed by atoms with Gasteiger partial charge in [0.05, 0.1) is 42.6 Å². The highest BCUT2D eigenvalue weighted by Gasteiger charge is 2.35. The number of aromatic nitrogens is 1. The Hall–Kier alpha value is -4.38. The van der Waals surface area contributed by atoms with Crippen LogP contribution in [0.4, 0.5) is 0 Å². The Morgan fingerprint density at radius 3 is 2.45 bits per heavy atom. The predicted molar refractivity (Wildman–Crippen MR) is 137 cm³/mol. The number of rotatable bonds is 9. The van der Waals surface area contributed by atoms with Gasteiger partial charge in [0.25, 0.3) is 5.56 Å². The number of carbonyl (C=O) groups excluding carboxylic acids is 2. The monoisotopic (exact) mass is 537 g/mol. The number of ether oxygens (including phenoxy) is 4. The number of benzene rings is 2. The highest BCUT2D eigenvalue weighted by molar-refractivity contribution is 7.07. The zero-order chi connectivity index (χ0) is 27.4. The molecule has 0 amide bonds. The minimum atomic E-state index is -1.32. The van der Waals surface area contributed by atoms with Gasteiger partial charge in [-0.25, -0.2) is 9.79 Å². The lowest BCUT2D eigenvalue weighted by Crippen LogP contribution is -2.40. The van der Waals surface area contributed by atoms with Crippen molar-refractivity contribution in [2.75, 3.05) is 27.4 Å². The van der Waals surface area contributed by atoms with Crippen LogP contribution in [-0.4, -0.2) is 43.9 Å². The minimum absolute atomic E-state index is 0.162. The predicted octanol–water partition coefficient (Wildman–Crippen LogP) is 0.944. The zero-order valence-electron chi connectivity index (χ0n) is 21.2. The van der Waals surface area contributed by atoms with Crippen LogP contribution in [0.3, 0.4) is 0 Å². The third kappa shape index (κ3) is 5.32. The van der Waals surface area contributed by atoms with Crippen molar-refractivity contribution in [3.8, 4) is 17.2 Å². The maximum Gasteiger partial charge on any atom is 0.338 e. The zero-order valence-corrected chi connectivity index (χ0v) is 22.0. The van der Waals surface area contributed by atoms with Gasteiger partial charge in [-0.15, -0.1) is 0 Å². The number of hydrogen-bond acceptors (Lipinski definition) is 10. The summed E-state index contributed by atoms with van der Waals surface area (Å²) in [6.45, 7) is 3.02. The molecule has 0 bridgehead atoms. The smallest absolute Gasteiger partial charge is 0.338 e. The molecule has 0 saturated carbocycles. The average Bonchev–Trinajstić information content (AvgIpc) is 3.21. The first-order chi connectivity index (χ1) is 18.3. The first kappa shape index (κ1) is 26.7. The summed E-state index contributed by atoms with van der Waals surface area (Å²) in [7, 11) is 3.04. The molecule has 1 aromatic heterocycles. The third-order valence-electron chi connectivity index (χ3n) is 5.79. The second-order valence-corrected chi connectivity index (χ2v) is 9.15. The van der Waals surface area contributed by atoms with Gasteiger partial charge in [0.1, 0.15) is 29.9 Å². The summed E-state index contributed by atoms with van der Waals surface area (Å²) in [6, 6.07) is 10.9. The standard InChI is InChI=1S/C27H26N2O8S/c1-5-36-26(33)23-15(2)28-27-29(24(23)19-11-10-18(34-3)13-20(19)35-4)25(32)21(38-27)12-16-6-8-17(9-7-16)37-14-22(30)31/h6-13,24H,5,14H2,1-4H3,(H,30,31)/p-1/b21-12-/t24-/m0/s1. The molecule has 0 saturated heterocycles. The summed E-state index contributed by atoms with van der Waals surface area (Å²) < 4.78 is 23.2. The number of fused-ring (bicyclic) bond motifs is 1. The van der Waals surface area contributed by atoms with E-state index in [0.29, 0.717) is 43.4 Å². The van der Waals surface area contributed by atoms with Gasteiger partial charge < -0.3 is 28.8 Å². The van der Waals surface area contributed by atoms with Gasteiger partial charge in [0.15, 0.2) is 4.80 Å². The van der Waals surface area contributed by atoms with E-state index in [-0.39, 0.29) is 17.7 Å². The van der Waals surface area contributed by atoms with Crippen LogP contribution >= 0.6 is 11.3 Å². The molecule has 3 aromatic rings. The van der Waals surface area contributed by atoms with Gasteiger partial charge in [0, 0.05) is 11.6 Å². The van der Waals surface area contributed by atoms with Gasteiger partial charge in [-0.3, -0.25) is 9.36 Å². The van der Waals surface area contributed by atoms with E-state index in [0.717, 1.165) is 0 Å². The highest BCUT2D eigenvalue weighted by Crippen LogP contribution is 2.37. The highest BCUT2D eigenvalue weighted by atomic mass is 32.1. The molecule has 10 nitrogen and oxygen atoms in total. The van der Waals surface area contributed by atoms with Crippen LogP contribution in [0, 0.1) is 0 Å². The first-order valence-corrected chi connectivity index (χ1v) is 12.4. The van der Waals surface area contributed by atoms with E-state index in [1.165, 1.54) is 30.1 Å². The number of carboxylic acids is 1. The molecular weight excluding hydrogens is 512 g/mol. The van der Waals surface area contributed by atoms with Gasteiger partial charge in [-0.1, -0.05) is 23.5 Å². The van der Waals surface area contributed by atoms with Crippen molar-refractivity contribution in [2.24, 2.45) is 4.99 Å². The van der Waals surface area contributed by atoms with Crippen molar-refractivity contribution in [3.63, 3.8) is 0 Å². The Balaban J connectivity index is 1.86. The molecule has 2 aromatic carbocycles. The van der Waals surface area contributed by atoms with Crippen LogP contribution in [-0.2, 0) is 14.3 Å². The van der Waals surface area contributed by atoms with E-state index >= 15 is 0 Å². The lowest BCUT2D eigenvalue weighted by Gasteiger charge is -2.26. The molecular formula is C27H25N2O8S-. The number of carbonyl (C=O) groups is 2. The lowest BCUT2D eigenvalue weighted by atomic mass is 9.95. The second-order valence-electron chi connectivity index (χ2n) is 8.14. The first-order valence-electron chi connectivity index (χ1n) is 11.6. The van der Waals surface area contributed by atoms with Crippen molar-refractivity contribution < 1.29 is 33.6 Å². The van der Waals surface area contributed by atoms with Crippen molar-refractivity contribution in [1.82, 2.24) is 4.57 Å². The van der Waals surface area contributed by atoms with Gasteiger partial charge in [0.2, 0.25) is 0 Å². The van der Waals surface area contributed by atoms with Crippen LogP contribution in [0.5, 0.6) is 17.2 Å². The molecule has 0 aliphatic carbocycles. The van der Waals surface area contributed by atoms with E-state index in [1.807, 2.05) is 0 Å². The SMILES string of the molecule is CCOC(=O)C1=C(C)N=c2s/c(=C\c3ccc(OCC(=O)[O-])cc3)c(=O)n2[C@H]1c1ccc(OC)cc1OC. The molecule has 1 aliphatic heterocycles. The van der Waals surface area contributed by atoms with Crippen molar-refractivity contribution in [1.29, 1.82) is 0 Å². The molecule has 11 heteroatoms. The summed E-state index contributed by atoms with van der Waals surface area (Å²) >= 11 is 1.18. The Labute approximate surface area is 221 Å². The third-order valence-corrected chi connectivity index (χ3v) is 6.77. The fourth-order valence-corrected chi connectivity index (χ4v) is 5.13. The van der Waals surface area contributed by atoms with Crippen molar-refractivity contribution in [3.05, 3.63) is 84.5 Å². The summed E-state index contributed by atoms with van der Waals surface area (Å²) in [5, 5.41) is 10.6. The molecule has 1 atom stereocenters. The Kier molecular flexibility index (Phi) is 7.96. The molecule has 0 radical (unpaired) electrons. The molecule has 2 heterocycles. The van der Waals surface area contributed by atoms with E-state index in [9.17, 15) is 19.5 Å². The maximum absolute atomic E-state index is 13.7. The molecule has 0 spiro atoms. The van der Waals surface area contributed by atoms with Crippen LogP contribution in [0.25, 0.3) is 6.08 Å². The van der Waals surface area contributed by atoms with E-state index in [1.54, 1.807) is 62.4 Å². The van der Waals surface area contributed by atoms with Crippen LogP contribution in [0.15, 0.2) is 63.5 Å². The second kappa shape index (κ2) is 11.3. The molecule has 38 heavy (non-hydrogen) atoms. The maximum atomic E-state index is 13.7. The number of esters is 1. The summed E-state index contributed by atoms with van der Waals surface area (Å²) in [5.41, 5.74) is 1.60. The number of allylic oxidation sites excluding steroid dienone is 1. The van der Waals surface area contributed by atoms with Gasteiger partial charge >= 0.3 is 5.97 Å². The van der Waals surface area contributed by atoms with Crippen molar-refractivity contribution in [2.45, 2.75) is 19.9 Å². The van der Waals surface area contributed by atoms with Crippen LogP contribution in [0.1, 0.15) is 31.0 Å². The van der Waals surface area contributed by atoms with Gasteiger partial charge in [-0.2, -0.15) is 0 Å². The number of methoxy groups -OCH3 is 2.